The first-order valence-electron chi connectivity index (χ1n) is 5.76. The lowest BCUT2D eigenvalue weighted by Gasteiger charge is -2.12. The van der Waals surface area contributed by atoms with Crippen molar-refractivity contribution in [2.75, 3.05) is 7.05 Å². The van der Waals surface area contributed by atoms with Crippen LogP contribution in [-0.4, -0.2) is 12.0 Å². The zero-order valence-electron chi connectivity index (χ0n) is 10.2. The standard InChI is InChI=1S/C14H15BrN2O/c1-16-9-11-5-4-7-13(15)14(11)18-10-12-6-2-3-8-17-12/h2-8,16H,9-10H2,1H3. The Morgan fingerprint density at radius 3 is 2.83 bits per heavy atom. The maximum Gasteiger partial charge on any atom is 0.138 e. The monoisotopic (exact) mass is 306 g/mol. The van der Waals surface area contributed by atoms with Crippen LogP contribution in [-0.2, 0) is 13.2 Å². The van der Waals surface area contributed by atoms with Crippen molar-refractivity contribution in [2.24, 2.45) is 0 Å². The summed E-state index contributed by atoms with van der Waals surface area (Å²) in [4.78, 5) is 4.24. The lowest BCUT2D eigenvalue weighted by molar-refractivity contribution is 0.295. The van der Waals surface area contributed by atoms with Crippen LogP contribution in [0.15, 0.2) is 47.1 Å². The highest BCUT2D eigenvalue weighted by molar-refractivity contribution is 9.10. The first kappa shape index (κ1) is 13.1. The Morgan fingerprint density at radius 1 is 1.22 bits per heavy atom. The maximum atomic E-state index is 5.86. The van der Waals surface area contributed by atoms with Gasteiger partial charge in [0.05, 0.1) is 10.2 Å². The number of rotatable bonds is 5. The summed E-state index contributed by atoms with van der Waals surface area (Å²) in [5, 5.41) is 3.13. The van der Waals surface area contributed by atoms with E-state index in [1.807, 2.05) is 37.4 Å². The summed E-state index contributed by atoms with van der Waals surface area (Å²) in [7, 11) is 1.92. The molecule has 3 nitrogen and oxygen atoms in total. The van der Waals surface area contributed by atoms with E-state index in [4.69, 9.17) is 4.74 Å². The number of benzene rings is 1. The molecule has 1 aromatic carbocycles. The van der Waals surface area contributed by atoms with Gasteiger partial charge in [-0.3, -0.25) is 4.98 Å². The van der Waals surface area contributed by atoms with Gasteiger partial charge in [0.1, 0.15) is 12.4 Å². The number of aromatic nitrogens is 1. The van der Waals surface area contributed by atoms with Crippen molar-refractivity contribution in [3.63, 3.8) is 0 Å². The van der Waals surface area contributed by atoms with Crippen molar-refractivity contribution >= 4 is 15.9 Å². The van der Waals surface area contributed by atoms with Crippen molar-refractivity contribution in [1.82, 2.24) is 10.3 Å². The molecule has 1 heterocycles. The molecule has 0 spiro atoms. The second-order valence-electron chi connectivity index (χ2n) is 3.87. The summed E-state index contributed by atoms with van der Waals surface area (Å²) in [5.41, 5.74) is 2.05. The second-order valence-corrected chi connectivity index (χ2v) is 4.72. The number of para-hydroxylation sites is 1. The average Bonchev–Trinajstić information content (AvgIpc) is 2.40. The fourth-order valence-electron chi connectivity index (χ4n) is 1.67. The molecule has 2 aromatic rings. The largest absolute Gasteiger partial charge is 0.486 e. The number of hydrogen-bond acceptors (Lipinski definition) is 3. The topological polar surface area (TPSA) is 34.1 Å². The van der Waals surface area contributed by atoms with Crippen molar-refractivity contribution in [2.45, 2.75) is 13.2 Å². The molecule has 0 fully saturated rings. The molecule has 0 unspecified atom stereocenters. The smallest absolute Gasteiger partial charge is 0.138 e. The first-order chi connectivity index (χ1) is 8.81. The fourth-order valence-corrected chi connectivity index (χ4v) is 2.20. The molecule has 94 valence electrons. The molecule has 0 atom stereocenters. The Bertz CT molecular complexity index is 502. The summed E-state index contributed by atoms with van der Waals surface area (Å²) < 4.78 is 6.82. The predicted octanol–water partition coefficient (Wildman–Crippen LogP) is 3.14. The van der Waals surface area contributed by atoms with Crippen molar-refractivity contribution < 1.29 is 4.74 Å². The number of nitrogens with one attached hydrogen (secondary N) is 1. The van der Waals surface area contributed by atoms with Gasteiger partial charge in [0.15, 0.2) is 0 Å². The zero-order valence-corrected chi connectivity index (χ0v) is 11.8. The Balaban J connectivity index is 2.13. The Labute approximate surface area is 115 Å². The van der Waals surface area contributed by atoms with Crippen LogP contribution in [0.25, 0.3) is 0 Å². The van der Waals surface area contributed by atoms with Gasteiger partial charge in [-0.15, -0.1) is 0 Å². The van der Waals surface area contributed by atoms with Crippen LogP contribution in [0.4, 0.5) is 0 Å². The SMILES string of the molecule is CNCc1cccc(Br)c1OCc1ccccn1. The molecule has 0 bridgehead atoms. The Hall–Kier alpha value is -1.39. The lowest BCUT2D eigenvalue weighted by Crippen LogP contribution is -2.08. The van der Waals surface area contributed by atoms with Gasteiger partial charge in [-0.25, -0.2) is 0 Å². The van der Waals surface area contributed by atoms with Gasteiger partial charge in [0.2, 0.25) is 0 Å². The highest BCUT2D eigenvalue weighted by atomic mass is 79.9. The van der Waals surface area contributed by atoms with Gasteiger partial charge in [0, 0.05) is 18.3 Å². The number of hydrogen-bond donors (Lipinski definition) is 1. The van der Waals surface area contributed by atoms with Crippen molar-refractivity contribution in [3.8, 4) is 5.75 Å². The molecule has 0 aliphatic heterocycles. The molecule has 1 aromatic heterocycles. The van der Waals surface area contributed by atoms with Crippen molar-refractivity contribution in [3.05, 3.63) is 58.3 Å². The predicted molar refractivity (Wildman–Crippen MR) is 75.5 cm³/mol. The average molecular weight is 307 g/mol. The number of pyridine rings is 1. The maximum absolute atomic E-state index is 5.86. The van der Waals surface area contributed by atoms with E-state index in [9.17, 15) is 0 Å². The highest BCUT2D eigenvalue weighted by Gasteiger charge is 2.07. The van der Waals surface area contributed by atoms with Crippen LogP contribution in [0.1, 0.15) is 11.3 Å². The normalized spacial score (nSPS) is 10.3. The highest BCUT2D eigenvalue weighted by Crippen LogP contribution is 2.29. The third-order valence-electron chi connectivity index (χ3n) is 2.51. The minimum Gasteiger partial charge on any atom is -0.486 e. The Morgan fingerprint density at radius 2 is 2.11 bits per heavy atom. The van der Waals surface area contributed by atoms with Crippen LogP contribution >= 0.6 is 15.9 Å². The minimum absolute atomic E-state index is 0.472. The molecule has 0 aliphatic carbocycles. The van der Waals surface area contributed by atoms with Gasteiger partial charge in [-0.2, -0.15) is 0 Å². The van der Waals surface area contributed by atoms with E-state index in [1.54, 1.807) is 6.20 Å². The van der Waals surface area contributed by atoms with Gasteiger partial charge < -0.3 is 10.1 Å². The zero-order chi connectivity index (χ0) is 12.8. The molecule has 2 rings (SSSR count). The molecular weight excluding hydrogens is 292 g/mol. The van der Waals surface area contributed by atoms with E-state index >= 15 is 0 Å². The van der Waals surface area contributed by atoms with E-state index in [0.29, 0.717) is 6.61 Å². The second kappa shape index (κ2) is 6.52. The summed E-state index contributed by atoms with van der Waals surface area (Å²) in [6, 6.07) is 11.8. The molecule has 1 N–H and O–H groups in total. The van der Waals surface area contributed by atoms with Crippen LogP contribution in [0.5, 0.6) is 5.75 Å². The van der Waals surface area contributed by atoms with E-state index in [-0.39, 0.29) is 0 Å². The Kier molecular flexibility index (Phi) is 4.73. The van der Waals surface area contributed by atoms with Crippen molar-refractivity contribution in [1.29, 1.82) is 0 Å². The van der Waals surface area contributed by atoms with Gasteiger partial charge >= 0.3 is 0 Å². The molecule has 0 saturated heterocycles. The van der Waals surface area contributed by atoms with Gasteiger partial charge in [-0.1, -0.05) is 18.2 Å². The molecule has 0 amide bonds. The van der Waals surface area contributed by atoms with Crippen LogP contribution in [0.2, 0.25) is 0 Å². The summed E-state index contributed by atoms with van der Waals surface area (Å²) in [6.45, 7) is 1.25. The van der Waals surface area contributed by atoms with E-state index < -0.39 is 0 Å². The fraction of sp³-hybridized carbons (Fsp3) is 0.214. The van der Waals surface area contributed by atoms with E-state index in [0.717, 1.165) is 28.0 Å². The van der Waals surface area contributed by atoms with Crippen LogP contribution in [0.3, 0.4) is 0 Å². The third-order valence-corrected chi connectivity index (χ3v) is 3.13. The van der Waals surface area contributed by atoms with Gasteiger partial charge in [-0.05, 0) is 41.2 Å². The number of nitrogens with zero attached hydrogens (tertiary/aromatic N) is 1. The minimum atomic E-state index is 0.472. The summed E-state index contributed by atoms with van der Waals surface area (Å²) in [6.07, 6.45) is 1.77. The number of ether oxygens (including phenoxy) is 1. The van der Waals surface area contributed by atoms with Crippen LogP contribution in [0, 0.1) is 0 Å². The number of halogens is 1. The molecule has 18 heavy (non-hydrogen) atoms. The quantitative estimate of drug-likeness (QED) is 0.921. The molecule has 0 saturated carbocycles. The molecular formula is C14H15BrN2O. The van der Waals surface area contributed by atoms with Gasteiger partial charge in [0.25, 0.3) is 0 Å². The summed E-state index contributed by atoms with van der Waals surface area (Å²) in [5.74, 6) is 0.873. The molecule has 4 heteroatoms. The third kappa shape index (κ3) is 3.31. The molecule has 0 radical (unpaired) electrons. The molecule has 0 aliphatic rings. The van der Waals surface area contributed by atoms with E-state index in [2.05, 4.69) is 32.3 Å². The first-order valence-corrected chi connectivity index (χ1v) is 6.55. The lowest BCUT2D eigenvalue weighted by atomic mass is 10.2. The van der Waals surface area contributed by atoms with Crippen LogP contribution < -0.4 is 10.1 Å². The van der Waals surface area contributed by atoms with E-state index in [1.165, 1.54) is 0 Å². The summed E-state index contributed by atoms with van der Waals surface area (Å²) >= 11 is 3.52.